The molecule has 0 spiro atoms. The monoisotopic (exact) mass is 500 g/mol. The summed E-state index contributed by atoms with van der Waals surface area (Å²) in [5, 5.41) is 5.98. The summed E-state index contributed by atoms with van der Waals surface area (Å²) in [5.41, 5.74) is 2.00. The fraction of sp³-hybridized carbons (Fsp3) is 0.464. The summed E-state index contributed by atoms with van der Waals surface area (Å²) in [7, 11) is 0. The number of ether oxygens (including phenoxy) is 1. The van der Waals surface area contributed by atoms with Crippen molar-refractivity contribution in [2.24, 2.45) is 0 Å². The number of anilines is 2. The van der Waals surface area contributed by atoms with Gasteiger partial charge in [0.05, 0.1) is 11.3 Å². The number of unbranched alkanes of at least 4 members (excludes halogenated alkanes) is 8. The third-order valence-corrected chi connectivity index (χ3v) is 6.13. The van der Waals surface area contributed by atoms with E-state index in [0.29, 0.717) is 22.8 Å². The number of benzene rings is 2. The third kappa shape index (κ3) is 11.0. The first-order valence-electron chi connectivity index (χ1n) is 12.5. The van der Waals surface area contributed by atoms with Crippen LogP contribution in [0.1, 0.15) is 87.1 Å². The van der Waals surface area contributed by atoms with E-state index in [1.807, 2.05) is 6.92 Å². The minimum absolute atomic E-state index is 0.137. The number of hydrogen-bond donors (Lipinski definition) is 2. The molecule has 35 heavy (non-hydrogen) atoms. The average Bonchev–Trinajstić information content (AvgIpc) is 2.84. The molecule has 0 aliphatic rings. The number of nitrogens with one attached hydrogen (secondary N) is 2. The number of amides is 2. The molecule has 0 aliphatic carbocycles. The van der Waals surface area contributed by atoms with Gasteiger partial charge in [0.15, 0.2) is 6.61 Å². The van der Waals surface area contributed by atoms with Crippen molar-refractivity contribution >= 4 is 40.8 Å². The van der Waals surface area contributed by atoms with Crippen molar-refractivity contribution in [3.8, 4) is 0 Å². The Morgan fingerprint density at radius 3 is 2.17 bits per heavy atom. The molecule has 6 nitrogen and oxygen atoms in total. The molecular weight excluding hydrogens is 464 g/mol. The first-order valence-corrected chi connectivity index (χ1v) is 12.9. The zero-order valence-corrected chi connectivity index (χ0v) is 21.6. The van der Waals surface area contributed by atoms with Gasteiger partial charge in [0, 0.05) is 17.1 Å². The number of halogens is 1. The molecule has 0 fully saturated rings. The Morgan fingerprint density at radius 2 is 1.49 bits per heavy atom. The SMILES string of the molecule is CCCCCCCCCCCC(=O)Nc1ccccc1C(=O)OCC(=O)Nc1ccc(C)c(Cl)c1. The van der Waals surface area contributed by atoms with Gasteiger partial charge in [0.1, 0.15) is 0 Å². The van der Waals surface area contributed by atoms with Crippen molar-refractivity contribution in [3.05, 3.63) is 58.6 Å². The Bertz CT molecular complexity index is 977. The van der Waals surface area contributed by atoms with Gasteiger partial charge in [-0.3, -0.25) is 9.59 Å². The molecule has 0 bridgehead atoms. The number of aryl methyl sites for hydroxylation is 1. The van der Waals surface area contributed by atoms with Crippen LogP contribution in [0.5, 0.6) is 0 Å². The maximum Gasteiger partial charge on any atom is 0.340 e. The summed E-state index contributed by atoms with van der Waals surface area (Å²) in [5.74, 6) is -1.30. The Balaban J connectivity index is 1.74. The van der Waals surface area contributed by atoms with Crippen LogP contribution in [-0.4, -0.2) is 24.4 Å². The quantitative estimate of drug-likeness (QED) is 0.198. The highest BCUT2D eigenvalue weighted by atomic mass is 35.5. The summed E-state index contributed by atoms with van der Waals surface area (Å²) in [6.07, 6.45) is 11.0. The summed E-state index contributed by atoms with van der Waals surface area (Å²) in [6, 6.07) is 11.8. The molecule has 0 aliphatic heterocycles. The molecule has 0 aromatic heterocycles. The second kappa shape index (κ2) is 15.9. The first-order chi connectivity index (χ1) is 16.9. The molecule has 190 valence electrons. The van der Waals surface area contributed by atoms with E-state index >= 15 is 0 Å². The molecule has 0 saturated carbocycles. The highest BCUT2D eigenvalue weighted by molar-refractivity contribution is 6.31. The smallest absolute Gasteiger partial charge is 0.340 e. The number of hydrogen-bond acceptors (Lipinski definition) is 4. The second-order valence-electron chi connectivity index (χ2n) is 8.76. The number of para-hydroxylation sites is 1. The fourth-order valence-corrected chi connectivity index (χ4v) is 3.84. The van der Waals surface area contributed by atoms with Gasteiger partial charge in [-0.1, -0.05) is 88.1 Å². The Labute approximate surface area is 213 Å². The molecule has 7 heteroatoms. The third-order valence-electron chi connectivity index (χ3n) is 5.72. The zero-order chi connectivity index (χ0) is 25.5. The van der Waals surface area contributed by atoms with Crippen LogP contribution >= 0.6 is 11.6 Å². The second-order valence-corrected chi connectivity index (χ2v) is 9.17. The average molecular weight is 501 g/mol. The van der Waals surface area contributed by atoms with Crippen molar-refractivity contribution in [2.45, 2.75) is 78.1 Å². The lowest BCUT2D eigenvalue weighted by Gasteiger charge is -2.11. The molecule has 2 amide bonds. The van der Waals surface area contributed by atoms with Crippen LogP contribution < -0.4 is 10.6 Å². The lowest BCUT2D eigenvalue weighted by molar-refractivity contribution is -0.119. The number of carbonyl (C=O) groups excluding carboxylic acids is 3. The summed E-state index contributed by atoms with van der Waals surface area (Å²) >= 11 is 6.07. The molecule has 0 heterocycles. The van der Waals surface area contributed by atoms with E-state index in [-0.39, 0.29) is 11.5 Å². The van der Waals surface area contributed by atoms with E-state index in [0.717, 1.165) is 24.8 Å². The van der Waals surface area contributed by atoms with E-state index < -0.39 is 18.5 Å². The van der Waals surface area contributed by atoms with Gasteiger partial charge in [0.2, 0.25) is 5.91 Å². The molecule has 2 N–H and O–H groups in total. The summed E-state index contributed by atoms with van der Waals surface area (Å²) in [6.45, 7) is 3.63. The Hall–Kier alpha value is -2.86. The molecular formula is C28H37ClN2O4. The fourth-order valence-electron chi connectivity index (χ4n) is 3.66. The van der Waals surface area contributed by atoms with Crippen LogP contribution in [0.15, 0.2) is 42.5 Å². The van der Waals surface area contributed by atoms with Gasteiger partial charge in [-0.15, -0.1) is 0 Å². The highest BCUT2D eigenvalue weighted by Crippen LogP contribution is 2.20. The number of rotatable bonds is 15. The summed E-state index contributed by atoms with van der Waals surface area (Å²) < 4.78 is 5.16. The van der Waals surface area contributed by atoms with Crippen molar-refractivity contribution in [1.82, 2.24) is 0 Å². The van der Waals surface area contributed by atoms with Crippen molar-refractivity contribution in [2.75, 3.05) is 17.2 Å². The Morgan fingerprint density at radius 1 is 0.829 bits per heavy atom. The van der Waals surface area contributed by atoms with Crippen LogP contribution in [0.2, 0.25) is 5.02 Å². The molecule has 2 aromatic carbocycles. The van der Waals surface area contributed by atoms with E-state index in [1.54, 1.807) is 42.5 Å². The maximum atomic E-state index is 12.6. The molecule has 0 atom stereocenters. The minimum atomic E-state index is -0.680. The van der Waals surface area contributed by atoms with Gasteiger partial charge in [0.25, 0.3) is 5.91 Å². The van der Waals surface area contributed by atoms with Crippen molar-refractivity contribution < 1.29 is 19.1 Å². The van der Waals surface area contributed by atoms with E-state index in [4.69, 9.17) is 16.3 Å². The molecule has 2 rings (SSSR count). The summed E-state index contributed by atoms with van der Waals surface area (Å²) in [4.78, 5) is 37.1. The van der Waals surface area contributed by atoms with Gasteiger partial charge in [-0.25, -0.2) is 4.79 Å². The van der Waals surface area contributed by atoms with Gasteiger partial charge >= 0.3 is 5.97 Å². The van der Waals surface area contributed by atoms with E-state index in [2.05, 4.69) is 17.6 Å². The first kappa shape index (κ1) is 28.4. The normalized spacial score (nSPS) is 10.6. The van der Waals surface area contributed by atoms with Crippen LogP contribution in [0.3, 0.4) is 0 Å². The van der Waals surface area contributed by atoms with Crippen LogP contribution in [0, 0.1) is 6.92 Å². The maximum absolute atomic E-state index is 12.6. The predicted octanol–water partition coefficient (Wildman–Crippen LogP) is 7.30. The largest absolute Gasteiger partial charge is 0.452 e. The van der Waals surface area contributed by atoms with E-state index in [9.17, 15) is 14.4 Å². The predicted molar refractivity (Wildman–Crippen MR) is 142 cm³/mol. The topological polar surface area (TPSA) is 84.5 Å². The van der Waals surface area contributed by atoms with E-state index in [1.165, 1.54) is 38.5 Å². The Kier molecular flexibility index (Phi) is 12.9. The number of carbonyl (C=O) groups is 3. The van der Waals surface area contributed by atoms with Crippen LogP contribution in [-0.2, 0) is 14.3 Å². The lowest BCUT2D eigenvalue weighted by Crippen LogP contribution is -2.22. The highest BCUT2D eigenvalue weighted by Gasteiger charge is 2.16. The van der Waals surface area contributed by atoms with Crippen LogP contribution in [0.25, 0.3) is 0 Å². The lowest BCUT2D eigenvalue weighted by atomic mass is 10.1. The zero-order valence-electron chi connectivity index (χ0n) is 20.8. The van der Waals surface area contributed by atoms with Crippen LogP contribution in [0.4, 0.5) is 11.4 Å². The van der Waals surface area contributed by atoms with Gasteiger partial charge < -0.3 is 15.4 Å². The van der Waals surface area contributed by atoms with Gasteiger partial charge in [-0.05, 0) is 43.2 Å². The minimum Gasteiger partial charge on any atom is -0.452 e. The van der Waals surface area contributed by atoms with Gasteiger partial charge in [-0.2, -0.15) is 0 Å². The number of esters is 1. The molecule has 0 unspecified atom stereocenters. The molecule has 0 radical (unpaired) electrons. The van der Waals surface area contributed by atoms with Crippen molar-refractivity contribution in [1.29, 1.82) is 0 Å². The van der Waals surface area contributed by atoms with Crippen molar-refractivity contribution in [3.63, 3.8) is 0 Å². The molecule has 2 aromatic rings. The standard InChI is InChI=1S/C28H37ClN2O4/c1-3-4-5-6-7-8-9-10-11-16-26(32)31-25-15-13-12-14-23(25)28(34)35-20-27(33)30-22-18-17-21(2)24(29)19-22/h12-15,17-19H,3-11,16,20H2,1-2H3,(H,30,33)(H,31,32). The molecule has 0 saturated heterocycles.